The van der Waals surface area contributed by atoms with Crippen molar-refractivity contribution in [1.82, 2.24) is 15.3 Å². The summed E-state index contributed by atoms with van der Waals surface area (Å²) < 4.78 is 5.18. The molecule has 0 fully saturated rings. The zero-order valence-corrected chi connectivity index (χ0v) is 13.0. The summed E-state index contributed by atoms with van der Waals surface area (Å²) in [5.74, 6) is 1.58. The fourth-order valence-corrected chi connectivity index (χ4v) is 2.45. The fourth-order valence-electron chi connectivity index (χ4n) is 2.45. The van der Waals surface area contributed by atoms with Gasteiger partial charge in [-0.05, 0) is 36.2 Å². The van der Waals surface area contributed by atoms with Gasteiger partial charge in [0.25, 0.3) is 0 Å². The van der Waals surface area contributed by atoms with Crippen molar-refractivity contribution in [1.29, 1.82) is 0 Å². The SMILES string of the molecule is COc1cccc(CCC(=O)NCc2nc3ccccc3[nH]2)c1. The molecule has 0 atom stereocenters. The van der Waals surface area contributed by atoms with E-state index in [4.69, 9.17) is 4.74 Å². The minimum atomic E-state index is 0.00766. The van der Waals surface area contributed by atoms with E-state index < -0.39 is 0 Å². The summed E-state index contributed by atoms with van der Waals surface area (Å²) in [6.07, 6.45) is 1.12. The van der Waals surface area contributed by atoms with Crippen LogP contribution in [0.5, 0.6) is 5.75 Å². The maximum absolute atomic E-state index is 12.0. The zero-order chi connectivity index (χ0) is 16.1. The number of H-pyrrole nitrogens is 1. The molecule has 0 spiro atoms. The summed E-state index contributed by atoms with van der Waals surface area (Å²) in [5, 5.41) is 2.89. The first-order valence-electron chi connectivity index (χ1n) is 7.58. The van der Waals surface area contributed by atoms with Crippen LogP contribution in [0.2, 0.25) is 0 Å². The molecule has 1 amide bonds. The molecule has 3 rings (SSSR count). The predicted octanol–water partition coefficient (Wildman–Crippen LogP) is 2.82. The van der Waals surface area contributed by atoms with Gasteiger partial charge in [0.15, 0.2) is 0 Å². The van der Waals surface area contributed by atoms with E-state index >= 15 is 0 Å². The number of rotatable bonds is 6. The Morgan fingerprint density at radius 1 is 1.22 bits per heavy atom. The topological polar surface area (TPSA) is 67.0 Å². The number of imidazole rings is 1. The van der Waals surface area contributed by atoms with Gasteiger partial charge < -0.3 is 15.0 Å². The number of aryl methyl sites for hydroxylation is 1. The van der Waals surface area contributed by atoms with Crippen molar-refractivity contribution < 1.29 is 9.53 Å². The Hall–Kier alpha value is -2.82. The van der Waals surface area contributed by atoms with Crippen molar-refractivity contribution in [3.63, 3.8) is 0 Å². The van der Waals surface area contributed by atoms with Crippen LogP contribution in [0, 0.1) is 0 Å². The third-order valence-corrected chi connectivity index (χ3v) is 3.67. The van der Waals surface area contributed by atoms with Crippen molar-refractivity contribution >= 4 is 16.9 Å². The van der Waals surface area contributed by atoms with Crippen LogP contribution in [0.4, 0.5) is 0 Å². The van der Waals surface area contributed by atoms with Gasteiger partial charge in [-0.25, -0.2) is 4.98 Å². The van der Waals surface area contributed by atoms with Crippen molar-refractivity contribution in [2.45, 2.75) is 19.4 Å². The van der Waals surface area contributed by atoms with Gasteiger partial charge in [0.1, 0.15) is 11.6 Å². The van der Waals surface area contributed by atoms with E-state index in [1.807, 2.05) is 48.5 Å². The second kappa shape index (κ2) is 6.96. The molecule has 0 aliphatic heterocycles. The van der Waals surface area contributed by atoms with Gasteiger partial charge in [-0.2, -0.15) is 0 Å². The number of carbonyl (C=O) groups excluding carboxylic acids is 1. The molecule has 5 nitrogen and oxygen atoms in total. The third kappa shape index (κ3) is 3.88. The number of aromatic amines is 1. The Balaban J connectivity index is 1.51. The molecule has 1 heterocycles. The van der Waals surface area contributed by atoms with Gasteiger partial charge >= 0.3 is 0 Å². The summed E-state index contributed by atoms with van der Waals surface area (Å²) in [6, 6.07) is 15.6. The lowest BCUT2D eigenvalue weighted by molar-refractivity contribution is -0.121. The monoisotopic (exact) mass is 309 g/mol. The predicted molar refractivity (Wildman–Crippen MR) is 89.3 cm³/mol. The Kier molecular flexibility index (Phi) is 4.57. The first-order valence-corrected chi connectivity index (χ1v) is 7.58. The maximum Gasteiger partial charge on any atom is 0.220 e. The number of aromatic nitrogens is 2. The highest BCUT2D eigenvalue weighted by atomic mass is 16.5. The number of nitrogens with zero attached hydrogens (tertiary/aromatic N) is 1. The van der Waals surface area contributed by atoms with Crippen LogP contribution in [-0.2, 0) is 17.8 Å². The second-order valence-electron chi connectivity index (χ2n) is 5.33. The van der Waals surface area contributed by atoms with Crippen LogP contribution in [0.25, 0.3) is 11.0 Å². The highest BCUT2D eigenvalue weighted by Crippen LogP contribution is 2.14. The summed E-state index contributed by atoms with van der Waals surface area (Å²) in [7, 11) is 1.64. The minimum Gasteiger partial charge on any atom is -0.497 e. The molecule has 0 aliphatic rings. The number of ether oxygens (including phenoxy) is 1. The highest BCUT2D eigenvalue weighted by Gasteiger charge is 2.06. The smallest absolute Gasteiger partial charge is 0.220 e. The van der Waals surface area contributed by atoms with Crippen molar-refractivity contribution in [2.24, 2.45) is 0 Å². The number of hydrogen-bond donors (Lipinski definition) is 2. The molecule has 0 radical (unpaired) electrons. The van der Waals surface area contributed by atoms with Crippen molar-refractivity contribution in [2.75, 3.05) is 7.11 Å². The molecule has 118 valence electrons. The van der Waals surface area contributed by atoms with Crippen LogP contribution < -0.4 is 10.1 Å². The van der Waals surface area contributed by atoms with Gasteiger partial charge in [0.05, 0.1) is 24.7 Å². The Morgan fingerprint density at radius 3 is 2.91 bits per heavy atom. The van der Waals surface area contributed by atoms with Crippen molar-refractivity contribution in [3.05, 3.63) is 59.9 Å². The number of amides is 1. The molecule has 23 heavy (non-hydrogen) atoms. The highest BCUT2D eigenvalue weighted by molar-refractivity contribution is 5.77. The van der Waals surface area contributed by atoms with Crippen LogP contribution in [-0.4, -0.2) is 23.0 Å². The van der Waals surface area contributed by atoms with Gasteiger partial charge in [0.2, 0.25) is 5.91 Å². The second-order valence-corrected chi connectivity index (χ2v) is 5.33. The Bertz CT molecular complexity index is 778. The summed E-state index contributed by atoms with van der Waals surface area (Å²) in [4.78, 5) is 19.6. The van der Waals surface area contributed by atoms with E-state index in [1.54, 1.807) is 7.11 Å². The number of nitrogens with one attached hydrogen (secondary N) is 2. The summed E-state index contributed by atoms with van der Waals surface area (Å²) in [5.41, 5.74) is 2.98. The normalized spacial score (nSPS) is 10.7. The van der Waals surface area contributed by atoms with Gasteiger partial charge in [-0.15, -0.1) is 0 Å². The number of carbonyl (C=O) groups is 1. The summed E-state index contributed by atoms with van der Waals surface area (Å²) in [6.45, 7) is 0.408. The molecular formula is C18H19N3O2. The van der Waals surface area contributed by atoms with Crippen LogP contribution in [0.3, 0.4) is 0 Å². The molecule has 2 aromatic carbocycles. The number of benzene rings is 2. The van der Waals surface area contributed by atoms with E-state index in [0.717, 1.165) is 28.2 Å². The van der Waals surface area contributed by atoms with E-state index in [9.17, 15) is 4.79 Å². The summed E-state index contributed by atoms with van der Waals surface area (Å²) >= 11 is 0. The first kappa shape index (κ1) is 15.1. The lowest BCUT2D eigenvalue weighted by Gasteiger charge is -2.05. The molecule has 0 saturated heterocycles. The van der Waals surface area contributed by atoms with Crippen LogP contribution >= 0.6 is 0 Å². The van der Waals surface area contributed by atoms with Gasteiger partial charge in [-0.3, -0.25) is 4.79 Å². The van der Waals surface area contributed by atoms with E-state index in [-0.39, 0.29) is 5.91 Å². The molecule has 0 aliphatic carbocycles. The molecule has 3 aromatic rings. The molecular weight excluding hydrogens is 290 g/mol. The van der Waals surface area contributed by atoms with Gasteiger partial charge in [-0.1, -0.05) is 24.3 Å². The van der Waals surface area contributed by atoms with Crippen molar-refractivity contribution in [3.8, 4) is 5.75 Å². The largest absolute Gasteiger partial charge is 0.497 e. The number of hydrogen-bond acceptors (Lipinski definition) is 3. The van der Waals surface area contributed by atoms with Gasteiger partial charge in [0, 0.05) is 6.42 Å². The molecule has 2 N–H and O–H groups in total. The Morgan fingerprint density at radius 2 is 2.09 bits per heavy atom. The molecule has 0 unspecified atom stereocenters. The first-order chi connectivity index (χ1) is 11.2. The van der Waals surface area contributed by atoms with Crippen LogP contribution in [0.1, 0.15) is 17.8 Å². The molecule has 0 saturated carbocycles. The maximum atomic E-state index is 12.0. The lowest BCUT2D eigenvalue weighted by Crippen LogP contribution is -2.23. The zero-order valence-electron chi connectivity index (χ0n) is 13.0. The Labute approximate surface area is 134 Å². The lowest BCUT2D eigenvalue weighted by atomic mass is 10.1. The third-order valence-electron chi connectivity index (χ3n) is 3.67. The van der Waals surface area contributed by atoms with E-state index in [2.05, 4.69) is 15.3 Å². The minimum absolute atomic E-state index is 0.00766. The quantitative estimate of drug-likeness (QED) is 0.736. The number of methoxy groups -OCH3 is 1. The standard InChI is InChI=1S/C18H19N3O2/c1-23-14-6-4-5-13(11-14)9-10-18(22)19-12-17-20-15-7-2-3-8-16(15)21-17/h2-8,11H,9-10,12H2,1H3,(H,19,22)(H,20,21). The van der Waals surface area contributed by atoms with E-state index in [0.29, 0.717) is 19.4 Å². The molecule has 5 heteroatoms. The number of para-hydroxylation sites is 2. The van der Waals surface area contributed by atoms with Crippen LogP contribution in [0.15, 0.2) is 48.5 Å². The average Bonchev–Trinajstić information content (AvgIpc) is 3.01. The van der Waals surface area contributed by atoms with E-state index in [1.165, 1.54) is 0 Å². The fraction of sp³-hybridized carbons (Fsp3) is 0.222. The molecule has 1 aromatic heterocycles. The average molecular weight is 309 g/mol. The number of fused-ring (bicyclic) bond motifs is 1. The molecule has 0 bridgehead atoms.